The lowest BCUT2D eigenvalue weighted by molar-refractivity contribution is 0.122. The molecule has 2 aromatic rings. The van der Waals surface area contributed by atoms with Gasteiger partial charge < -0.3 is 19.7 Å². The number of aliphatic hydroxyl groups excluding tert-OH is 2. The Labute approximate surface area is 180 Å². The Balaban J connectivity index is 1.85. The molecule has 1 aliphatic rings. The van der Waals surface area contributed by atoms with Crippen LogP contribution in [0.25, 0.3) is 0 Å². The Hall–Kier alpha value is -2.04. The lowest BCUT2D eigenvalue weighted by atomic mass is 9.63. The topological polar surface area (TPSA) is 58.9 Å². The highest BCUT2D eigenvalue weighted by Crippen LogP contribution is 2.47. The van der Waals surface area contributed by atoms with E-state index in [1.807, 2.05) is 24.3 Å². The second-order valence-corrected chi connectivity index (χ2v) is 8.80. The summed E-state index contributed by atoms with van der Waals surface area (Å²) in [5.74, 6) is 2.39. The van der Waals surface area contributed by atoms with Gasteiger partial charge in [0.25, 0.3) is 0 Å². The zero-order chi connectivity index (χ0) is 21.6. The van der Waals surface area contributed by atoms with Crippen LogP contribution in [0.1, 0.15) is 64.0 Å². The third-order valence-electron chi connectivity index (χ3n) is 6.33. The van der Waals surface area contributed by atoms with Gasteiger partial charge in [-0.1, -0.05) is 37.6 Å². The first-order chi connectivity index (χ1) is 14.4. The summed E-state index contributed by atoms with van der Waals surface area (Å²) in [5.41, 5.74) is 2.63. The monoisotopic (exact) mass is 412 g/mol. The van der Waals surface area contributed by atoms with Crippen molar-refractivity contribution in [2.24, 2.45) is 5.92 Å². The van der Waals surface area contributed by atoms with Crippen LogP contribution in [-0.2, 0) is 5.41 Å². The highest BCUT2D eigenvalue weighted by molar-refractivity contribution is 5.44. The van der Waals surface area contributed by atoms with Crippen molar-refractivity contribution in [1.29, 1.82) is 0 Å². The molecule has 0 aromatic heterocycles. The molecular formula is C26H36O4. The fraction of sp³-hybridized carbons (Fsp3) is 0.538. The lowest BCUT2D eigenvalue weighted by Gasteiger charge is -2.41. The molecule has 4 heteroatoms. The van der Waals surface area contributed by atoms with Gasteiger partial charge in [-0.05, 0) is 80.8 Å². The smallest absolute Gasteiger partial charge is 0.119 e. The van der Waals surface area contributed by atoms with E-state index in [9.17, 15) is 10.2 Å². The van der Waals surface area contributed by atoms with Crippen molar-refractivity contribution >= 4 is 0 Å². The lowest BCUT2D eigenvalue weighted by Crippen LogP contribution is -2.33. The zero-order valence-corrected chi connectivity index (χ0v) is 18.5. The molecule has 1 aliphatic carbocycles. The predicted octanol–water partition coefficient (Wildman–Crippen LogP) is 5.09. The molecule has 30 heavy (non-hydrogen) atoms. The molecule has 2 aromatic carbocycles. The summed E-state index contributed by atoms with van der Waals surface area (Å²) in [5, 5.41) is 18.9. The maximum Gasteiger partial charge on any atom is 0.119 e. The maximum absolute atomic E-state index is 9.45. The van der Waals surface area contributed by atoms with Gasteiger partial charge >= 0.3 is 0 Å². The van der Waals surface area contributed by atoms with Gasteiger partial charge in [-0.15, -0.1) is 0 Å². The summed E-state index contributed by atoms with van der Waals surface area (Å²) in [7, 11) is 0. The minimum absolute atomic E-state index is 0.00271. The number of hydrogen-bond acceptors (Lipinski definition) is 4. The number of rotatable bonds is 9. The highest BCUT2D eigenvalue weighted by atomic mass is 16.5. The van der Waals surface area contributed by atoms with Crippen molar-refractivity contribution in [3.05, 3.63) is 59.7 Å². The first-order valence-corrected chi connectivity index (χ1v) is 11.3. The molecule has 0 radical (unpaired) electrons. The first-order valence-electron chi connectivity index (χ1n) is 11.3. The van der Waals surface area contributed by atoms with E-state index in [4.69, 9.17) is 9.47 Å². The quantitative estimate of drug-likeness (QED) is 0.602. The number of benzene rings is 2. The number of aliphatic hydroxyl groups is 2. The molecule has 2 N–H and O–H groups in total. The summed E-state index contributed by atoms with van der Waals surface area (Å²) in [6.45, 7) is 6.35. The minimum atomic E-state index is -0.477. The molecule has 0 saturated heterocycles. The van der Waals surface area contributed by atoms with E-state index in [1.165, 1.54) is 30.4 Å². The van der Waals surface area contributed by atoms with Crippen molar-refractivity contribution in [2.75, 3.05) is 13.2 Å². The molecule has 4 nitrogen and oxygen atoms in total. The van der Waals surface area contributed by atoms with Crippen LogP contribution >= 0.6 is 0 Å². The summed E-state index contributed by atoms with van der Waals surface area (Å²) in [6.07, 6.45) is 5.02. The predicted molar refractivity (Wildman–Crippen MR) is 120 cm³/mol. The first kappa shape index (κ1) is 22.6. The van der Waals surface area contributed by atoms with Gasteiger partial charge in [0.1, 0.15) is 24.7 Å². The van der Waals surface area contributed by atoms with Crippen LogP contribution in [0.5, 0.6) is 11.5 Å². The van der Waals surface area contributed by atoms with Crippen LogP contribution in [0.15, 0.2) is 48.5 Å². The van der Waals surface area contributed by atoms with Gasteiger partial charge in [0.2, 0.25) is 0 Å². The zero-order valence-electron chi connectivity index (χ0n) is 18.5. The van der Waals surface area contributed by atoms with Crippen LogP contribution in [0.3, 0.4) is 0 Å². The van der Waals surface area contributed by atoms with Gasteiger partial charge in [-0.3, -0.25) is 0 Å². The minimum Gasteiger partial charge on any atom is -0.491 e. The average molecular weight is 413 g/mol. The molecule has 0 heterocycles. The molecule has 0 spiro atoms. The van der Waals surface area contributed by atoms with Crippen LogP contribution in [0, 0.1) is 5.92 Å². The van der Waals surface area contributed by atoms with E-state index in [0.29, 0.717) is 13.2 Å². The van der Waals surface area contributed by atoms with E-state index < -0.39 is 12.2 Å². The van der Waals surface area contributed by atoms with Crippen molar-refractivity contribution in [3.63, 3.8) is 0 Å². The molecule has 1 saturated carbocycles. The fourth-order valence-electron chi connectivity index (χ4n) is 4.50. The molecule has 2 unspecified atom stereocenters. The summed E-state index contributed by atoms with van der Waals surface area (Å²) in [4.78, 5) is 0. The second kappa shape index (κ2) is 10.3. The third kappa shape index (κ3) is 5.55. The Morgan fingerprint density at radius 1 is 0.800 bits per heavy atom. The van der Waals surface area contributed by atoms with E-state index in [2.05, 4.69) is 31.2 Å². The van der Waals surface area contributed by atoms with E-state index >= 15 is 0 Å². The van der Waals surface area contributed by atoms with Crippen molar-refractivity contribution in [1.82, 2.24) is 0 Å². The van der Waals surface area contributed by atoms with Crippen LogP contribution in [-0.4, -0.2) is 35.6 Å². The van der Waals surface area contributed by atoms with Crippen LogP contribution in [0.4, 0.5) is 0 Å². The molecule has 0 bridgehead atoms. The molecule has 3 rings (SSSR count). The van der Waals surface area contributed by atoms with E-state index in [0.717, 1.165) is 30.3 Å². The van der Waals surface area contributed by atoms with Gasteiger partial charge in [0.05, 0.1) is 12.2 Å². The fourth-order valence-corrected chi connectivity index (χ4v) is 4.50. The number of hydrogen-bond donors (Lipinski definition) is 2. The SMILES string of the molecule is CCC1CCC(c2ccc(OCC(C)O)cc2)(c2ccc(OCC(C)O)cc2)CC1. The molecule has 0 aliphatic heterocycles. The Kier molecular flexibility index (Phi) is 7.79. The molecule has 0 amide bonds. The van der Waals surface area contributed by atoms with E-state index in [-0.39, 0.29) is 5.41 Å². The standard InChI is InChI=1S/C26H36O4/c1-4-21-13-15-26(16-14-21,22-5-9-24(10-6-22)29-17-19(2)27)23-7-11-25(12-8-23)30-18-20(3)28/h5-12,19-21,27-28H,4,13-18H2,1-3H3. The van der Waals surface area contributed by atoms with Gasteiger partial charge in [-0.25, -0.2) is 0 Å². The third-order valence-corrected chi connectivity index (χ3v) is 6.33. The Bertz CT molecular complexity index is 699. The number of ether oxygens (including phenoxy) is 2. The summed E-state index contributed by atoms with van der Waals surface area (Å²) < 4.78 is 11.3. The summed E-state index contributed by atoms with van der Waals surface area (Å²) in [6, 6.07) is 16.8. The van der Waals surface area contributed by atoms with E-state index in [1.54, 1.807) is 13.8 Å². The molecule has 1 fully saturated rings. The largest absolute Gasteiger partial charge is 0.491 e. The molecule has 2 atom stereocenters. The van der Waals surface area contributed by atoms with Crippen molar-refractivity contribution in [2.45, 2.75) is 70.5 Å². The Morgan fingerprint density at radius 2 is 1.20 bits per heavy atom. The van der Waals surface area contributed by atoms with Gasteiger partial charge in [0.15, 0.2) is 0 Å². The second-order valence-electron chi connectivity index (χ2n) is 8.80. The molecule has 164 valence electrons. The van der Waals surface area contributed by atoms with Crippen LogP contribution in [0.2, 0.25) is 0 Å². The molecular weight excluding hydrogens is 376 g/mol. The van der Waals surface area contributed by atoms with Crippen molar-refractivity contribution in [3.8, 4) is 11.5 Å². The normalized spacial score (nSPS) is 23.6. The van der Waals surface area contributed by atoms with Gasteiger partial charge in [-0.2, -0.15) is 0 Å². The van der Waals surface area contributed by atoms with Gasteiger partial charge in [0, 0.05) is 5.41 Å². The Morgan fingerprint density at radius 3 is 1.53 bits per heavy atom. The highest BCUT2D eigenvalue weighted by Gasteiger charge is 2.38. The maximum atomic E-state index is 9.45. The van der Waals surface area contributed by atoms with Crippen LogP contribution < -0.4 is 9.47 Å². The van der Waals surface area contributed by atoms with Crippen molar-refractivity contribution < 1.29 is 19.7 Å². The average Bonchev–Trinajstić information content (AvgIpc) is 2.77. The summed E-state index contributed by atoms with van der Waals surface area (Å²) >= 11 is 0.